The Hall–Kier alpha value is -7.49. The van der Waals surface area contributed by atoms with Gasteiger partial charge in [-0.15, -0.1) is 0 Å². The number of fused-ring (bicyclic) bond motifs is 11. The fourth-order valence-electron chi connectivity index (χ4n) is 9.15. The fraction of sp³-hybridized carbons (Fsp3) is 0.0185. The quantitative estimate of drug-likeness (QED) is 0.131. The van der Waals surface area contributed by atoms with Crippen LogP contribution in [0.2, 0.25) is 0 Å². The van der Waals surface area contributed by atoms with Crippen LogP contribution in [0.15, 0.2) is 203 Å². The van der Waals surface area contributed by atoms with Gasteiger partial charge in [0.25, 0.3) is 0 Å². The lowest BCUT2D eigenvalue weighted by molar-refractivity contribution is 0.620. The van der Waals surface area contributed by atoms with Crippen molar-refractivity contribution in [1.82, 2.24) is 4.98 Å². The molecule has 0 N–H and O–H groups in total. The first-order valence-corrected chi connectivity index (χ1v) is 19.5. The monoisotopic (exact) mass is 727 g/mol. The van der Waals surface area contributed by atoms with Crippen LogP contribution in [-0.4, -0.2) is 4.98 Å². The second-order valence-electron chi connectivity index (χ2n) is 15.0. The Labute approximate surface area is 328 Å². The Morgan fingerprint density at radius 2 is 0.947 bits per heavy atom. The lowest BCUT2D eigenvalue weighted by Gasteiger charge is -2.23. The Bertz CT molecular complexity index is 3450. The molecule has 0 spiro atoms. The van der Waals surface area contributed by atoms with Crippen LogP contribution in [0.25, 0.3) is 98.7 Å². The second-order valence-corrected chi connectivity index (χ2v) is 15.0. The molecule has 1 unspecified atom stereocenters. The van der Waals surface area contributed by atoms with Crippen LogP contribution in [-0.2, 0) is 0 Å². The van der Waals surface area contributed by atoms with E-state index >= 15 is 0 Å². The third-order valence-electron chi connectivity index (χ3n) is 11.8. The van der Waals surface area contributed by atoms with Gasteiger partial charge in [-0.3, -0.25) is 0 Å². The van der Waals surface area contributed by atoms with Gasteiger partial charge in [0.15, 0.2) is 5.58 Å². The Kier molecular flexibility index (Phi) is 6.99. The number of oxazole rings is 1. The summed E-state index contributed by atoms with van der Waals surface area (Å²) in [5.74, 6) is 0.455. The lowest BCUT2D eigenvalue weighted by Crippen LogP contribution is -2.05. The maximum atomic E-state index is 7.02. The van der Waals surface area contributed by atoms with Crippen LogP contribution in [0, 0.1) is 0 Å². The molecule has 0 fully saturated rings. The maximum Gasteiger partial charge on any atom is 0.227 e. The summed E-state index contributed by atoms with van der Waals surface area (Å²) in [4.78, 5) is 4.83. The first kappa shape index (κ1) is 31.8. The molecule has 57 heavy (non-hydrogen) atoms. The summed E-state index contributed by atoms with van der Waals surface area (Å²) in [6, 6.07) is 69.6. The highest BCUT2D eigenvalue weighted by Gasteiger charge is 2.26. The van der Waals surface area contributed by atoms with Gasteiger partial charge in [-0.1, -0.05) is 152 Å². The van der Waals surface area contributed by atoms with E-state index in [-0.39, 0.29) is 5.92 Å². The number of benzene rings is 10. The topological polar surface area (TPSA) is 39.2 Å². The zero-order valence-corrected chi connectivity index (χ0v) is 30.8. The summed E-state index contributed by atoms with van der Waals surface area (Å²) in [6.45, 7) is 0. The van der Waals surface area contributed by atoms with Gasteiger partial charge in [-0.25, -0.2) is 4.98 Å². The minimum absolute atomic E-state index is 0.143. The van der Waals surface area contributed by atoms with Crippen LogP contribution in [0.1, 0.15) is 22.6 Å². The van der Waals surface area contributed by atoms with Gasteiger partial charge in [-0.05, 0) is 108 Å². The van der Waals surface area contributed by atoms with Crippen LogP contribution in [0.5, 0.6) is 0 Å². The van der Waals surface area contributed by atoms with Crippen molar-refractivity contribution in [1.29, 1.82) is 0 Å². The number of furan rings is 1. The first-order valence-electron chi connectivity index (χ1n) is 19.5. The molecule has 0 amide bonds. The second kappa shape index (κ2) is 12.5. The molecule has 12 rings (SSSR count). The molecule has 0 aliphatic heterocycles. The van der Waals surface area contributed by atoms with E-state index in [2.05, 4.69) is 164 Å². The normalized spacial score (nSPS) is 12.5. The van der Waals surface area contributed by atoms with Crippen LogP contribution >= 0.6 is 0 Å². The summed E-state index contributed by atoms with van der Waals surface area (Å²) < 4.78 is 13.3. The molecule has 0 saturated carbocycles. The lowest BCUT2D eigenvalue weighted by atomic mass is 9.80. The molecule has 3 heteroatoms. The zero-order chi connectivity index (χ0) is 37.5. The Morgan fingerprint density at radius 1 is 0.351 bits per heavy atom. The van der Waals surface area contributed by atoms with Gasteiger partial charge >= 0.3 is 0 Å². The van der Waals surface area contributed by atoms with E-state index in [0.717, 1.165) is 49.6 Å². The molecule has 0 radical (unpaired) electrons. The number of hydrogen-bond acceptors (Lipinski definition) is 3. The Morgan fingerprint density at radius 3 is 1.70 bits per heavy atom. The molecule has 0 aliphatic rings. The van der Waals surface area contributed by atoms with Crippen molar-refractivity contribution < 1.29 is 8.83 Å². The van der Waals surface area contributed by atoms with Crippen molar-refractivity contribution in [2.24, 2.45) is 0 Å². The molecule has 3 nitrogen and oxygen atoms in total. The minimum atomic E-state index is -0.143. The average molecular weight is 728 g/mol. The zero-order valence-electron chi connectivity index (χ0n) is 30.8. The van der Waals surface area contributed by atoms with Gasteiger partial charge < -0.3 is 8.83 Å². The molecule has 0 bridgehead atoms. The van der Waals surface area contributed by atoms with E-state index < -0.39 is 0 Å². The fourth-order valence-corrected chi connectivity index (χ4v) is 9.15. The van der Waals surface area contributed by atoms with E-state index in [4.69, 9.17) is 13.8 Å². The number of rotatable bonds is 5. The highest BCUT2D eigenvalue weighted by atomic mass is 16.3. The van der Waals surface area contributed by atoms with E-state index in [0.29, 0.717) is 5.89 Å². The maximum absolute atomic E-state index is 7.02. The predicted octanol–water partition coefficient (Wildman–Crippen LogP) is 14.9. The Balaban J connectivity index is 1.14. The molecule has 1 atom stereocenters. The third kappa shape index (κ3) is 5.02. The van der Waals surface area contributed by atoms with Crippen molar-refractivity contribution in [3.05, 3.63) is 211 Å². The number of nitrogens with zero attached hydrogens (tertiary/aromatic N) is 1. The highest BCUT2D eigenvalue weighted by Crippen LogP contribution is 2.46. The summed E-state index contributed by atoms with van der Waals surface area (Å²) in [5, 5.41) is 12.0. The summed E-state index contributed by atoms with van der Waals surface area (Å²) in [6.07, 6.45) is 0. The molecular weight excluding hydrogens is 695 g/mol. The smallest absolute Gasteiger partial charge is 0.227 e. The average Bonchev–Trinajstić information content (AvgIpc) is 3.88. The van der Waals surface area contributed by atoms with Crippen LogP contribution in [0.3, 0.4) is 0 Å². The van der Waals surface area contributed by atoms with E-state index in [1.54, 1.807) is 0 Å². The minimum Gasteiger partial charge on any atom is -0.456 e. The van der Waals surface area contributed by atoms with Crippen molar-refractivity contribution in [2.75, 3.05) is 0 Å². The predicted molar refractivity (Wildman–Crippen MR) is 236 cm³/mol. The summed E-state index contributed by atoms with van der Waals surface area (Å²) in [5.41, 5.74) is 10.2. The standard InChI is InChI=1S/C54H33NO2/c1-2-12-33(13-3-1)34-22-24-35(25-23-34)51(37-26-28-44-42-18-7-6-16-40(42)41-17-8-9-19-43(41)45(44)31-37)52-39-15-5-4-14-36(39)30-47-46-32-38(27-29-49(46)56-53(47)52)54-55-48-20-10-11-21-50(48)57-54/h1-32,51H. The number of para-hydroxylation sites is 2. The van der Waals surface area contributed by atoms with Crippen molar-refractivity contribution in [3.8, 4) is 22.6 Å². The van der Waals surface area contributed by atoms with Crippen LogP contribution in [0.4, 0.5) is 0 Å². The molecule has 0 saturated heterocycles. The summed E-state index contributed by atoms with van der Waals surface area (Å²) >= 11 is 0. The SMILES string of the molecule is c1ccc(-c2ccc(C(c3ccc4c5ccccc5c5ccccc5c4c3)c3c4ccccc4cc4c3oc3ccc(-c5nc6ccccc6o5)cc34)cc2)cc1. The third-order valence-corrected chi connectivity index (χ3v) is 11.8. The number of hydrogen-bond donors (Lipinski definition) is 0. The van der Waals surface area contributed by atoms with Crippen molar-refractivity contribution in [2.45, 2.75) is 5.92 Å². The van der Waals surface area contributed by atoms with Crippen molar-refractivity contribution >= 4 is 76.1 Å². The van der Waals surface area contributed by atoms with Gasteiger partial charge in [0, 0.05) is 27.8 Å². The van der Waals surface area contributed by atoms with Crippen molar-refractivity contribution in [3.63, 3.8) is 0 Å². The molecule has 2 aromatic heterocycles. The molecule has 0 aliphatic carbocycles. The van der Waals surface area contributed by atoms with E-state index in [1.165, 1.54) is 60.0 Å². The molecular formula is C54H33NO2. The highest BCUT2D eigenvalue weighted by molar-refractivity contribution is 6.25. The molecule has 266 valence electrons. The van der Waals surface area contributed by atoms with Gasteiger partial charge in [0.1, 0.15) is 16.7 Å². The molecule has 12 aromatic rings. The molecule has 2 heterocycles. The van der Waals surface area contributed by atoms with E-state index in [9.17, 15) is 0 Å². The molecule has 10 aromatic carbocycles. The number of aromatic nitrogens is 1. The first-order chi connectivity index (χ1) is 28.2. The summed E-state index contributed by atoms with van der Waals surface area (Å²) in [7, 11) is 0. The van der Waals surface area contributed by atoms with E-state index in [1.807, 2.05) is 30.3 Å². The largest absolute Gasteiger partial charge is 0.456 e. The van der Waals surface area contributed by atoms with Gasteiger partial charge in [0.2, 0.25) is 5.89 Å². The van der Waals surface area contributed by atoms with Gasteiger partial charge in [0.05, 0.1) is 0 Å². The van der Waals surface area contributed by atoms with Crippen LogP contribution < -0.4 is 0 Å². The van der Waals surface area contributed by atoms with Gasteiger partial charge in [-0.2, -0.15) is 0 Å².